The fraction of sp³-hybridized carbons (Fsp3) is 0.231. The quantitative estimate of drug-likeness (QED) is 0.204. The number of rotatable bonds is 6. The van der Waals surface area contributed by atoms with Gasteiger partial charge in [0.05, 0.1) is 18.6 Å². The van der Waals surface area contributed by atoms with Crippen LogP contribution in [0.5, 0.6) is 0 Å². The molecule has 1 aliphatic rings. The number of aliphatic hydroxyl groups excluding tert-OH is 2. The second-order valence-corrected chi connectivity index (χ2v) is 8.87. The van der Waals surface area contributed by atoms with E-state index in [2.05, 4.69) is 22.9 Å². The minimum Gasteiger partial charge on any atom is -0.396 e. The number of amides is 2. The molecule has 0 saturated carbocycles. The maximum absolute atomic E-state index is 12.3. The molecule has 0 aliphatic carbocycles. The van der Waals surface area contributed by atoms with Crippen LogP contribution in [0.15, 0.2) is 72.8 Å². The van der Waals surface area contributed by atoms with E-state index in [1.54, 1.807) is 42.5 Å². The molecule has 2 unspecified atom stereocenters. The highest BCUT2D eigenvalue weighted by Crippen LogP contribution is 2.39. The summed E-state index contributed by atoms with van der Waals surface area (Å²) in [5.41, 5.74) is 8.21. The lowest BCUT2D eigenvalue weighted by atomic mass is 9.81. The third-order valence-electron chi connectivity index (χ3n) is 5.24. The Bertz CT molecular complexity index is 1130. The van der Waals surface area contributed by atoms with Crippen LogP contribution in [0.4, 0.5) is 0 Å². The lowest BCUT2D eigenvalue weighted by Crippen LogP contribution is -2.43. The summed E-state index contributed by atoms with van der Waals surface area (Å²) in [6, 6.07) is 20.7. The molecule has 0 radical (unpaired) electrons. The Hall–Kier alpha value is -2.59. The van der Waals surface area contributed by atoms with Crippen molar-refractivity contribution in [1.29, 1.82) is 0 Å². The fourth-order valence-electron chi connectivity index (χ4n) is 3.53. The van der Waals surface area contributed by atoms with Crippen molar-refractivity contribution in [2.24, 2.45) is 5.73 Å². The first-order chi connectivity index (χ1) is 17.3. The third kappa shape index (κ3) is 8.51. The highest BCUT2D eigenvalue weighted by Gasteiger charge is 2.38. The van der Waals surface area contributed by atoms with Gasteiger partial charge in [-0.3, -0.25) is 14.3 Å². The number of thiol groups is 1. The number of nitrogens with two attached hydrogens (primary N) is 1. The summed E-state index contributed by atoms with van der Waals surface area (Å²) in [4.78, 5) is 24.3. The molecule has 0 saturated heterocycles. The number of halogens is 2. The monoisotopic (exact) mass is 549 g/mol. The number of fused-ring (bicyclic) bond motifs is 1. The number of hydrogen-bond donors (Lipinski definition) is 6. The number of primary amides is 1. The molecular formula is C26H29Cl2N3O4S. The van der Waals surface area contributed by atoms with Gasteiger partial charge in [0.1, 0.15) is 0 Å². The van der Waals surface area contributed by atoms with E-state index >= 15 is 0 Å². The Morgan fingerprint density at radius 1 is 1.00 bits per heavy atom. The van der Waals surface area contributed by atoms with Crippen LogP contribution in [0.3, 0.4) is 0 Å². The van der Waals surface area contributed by atoms with Crippen molar-refractivity contribution >= 4 is 47.8 Å². The summed E-state index contributed by atoms with van der Waals surface area (Å²) in [6.07, 6.45) is 0.781. The maximum atomic E-state index is 12.3. The summed E-state index contributed by atoms with van der Waals surface area (Å²) in [7, 11) is 0. The van der Waals surface area contributed by atoms with Gasteiger partial charge in [0.15, 0.2) is 0 Å². The summed E-state index contributed by atoms with van der Waals surface area (Å²) in [6.45, 7) is 1.16. The Kier molecular flexibility index (Phi) is 12.8. The van der Waals surface area contributed by atoms with Crippen LogP contribution in [-0.2, 0) is 11.4 Å². The van der Waals surface area contributed by atoms with Gasteiger partial charge in [-0.2, -0.15) is 0 Å². The summed E-state index contributed by atoms with van der Waals surface area (Å²) < 4.78 is 2.60. The SMILES string of the molecule is NC(=O)C1c2ccccc2C(=O)NC1c1ccc(Cl)cc1Cl.OCCCNS.OCc1ccccc1. The Morgan fingerprint density at radius 2 is 1.67 bits per heavy atom. The van der Waals surface area contributed by atoms with Gasteiger partial charge in [-0.25, -0.2) is 0 Å². The molecule has 1 aliphatic heterocycles. The molecule has 3 aromatic carbocycles. The summed E-state index contributed by atoms with van der Waals surface area (Å²) in [5, 5.41) is 20.3. The van der Waals surface area contributed by atoms with Crippen molar-refractivity contribution in [3.8, 4) is 0 Å². The molecule has 0 fully saturated rings. The second-order valence-electron chi connectivity index (χ2n) is 7.71. The number of carbonyl (C=O) groups is 2. The van der Waals surface area contributed by atoms with Gasteiger partial charge < -0.3 is 21.3 Å². The van der Waals surface area contributed by atoms with Crippen LogP contribution in [0.25, 0.3) is 0 Å². The van der Waals surface area contributed by atoms with Gasteiger partial charge in [-0.1, -0.05) is 90.6 Å². The van der Waals surface area contributed by atoms with Crippen molar-refractivity contribution < 1.29 is 19.8 Å². The van der Waals surface area contributed by atoms with Crippen LogP contribution in [0.1, 0.15) is 45.4 Å². The molecular weight excluding hydrogens is 521 g/mol. The van der Waals surface area contributed by atoms with Gasteiger partial charge in [0.25, 0.3) is 5.91 Å². The minimum atomic E-state index is -0.687. The molecule has 2 amide bonds. The number of benzene rings is 3. The number of aliphatic hydroxyl groups is 2. The zero-order valence-corrected chi connectivity index (χ0v) is 21.8. The van der Waals surface area contributed by atoms with Gasteiger partial charge in [0.2, 0.25) is 5.91 Å². The summed E-state index contributed by atoms with van der Waals surface area (Å²) >= 11 is 15.8. The molecule has 6 N–H and O–H groups in total. The first-order valence-electron chi connectivity index (χ1n) is 11.1. The molecule has 192 valence electrons. The van der Waals surface area contributed by atoms with E-state index in [4.69, 9.17) is 39.1 Å². The number of carbonyl (C=O) groups excluding carboxylic acids is 2. The average Bonchev–Trinajstić information content (AvgIpc) is 2.88. The smallest absolute Gasteiger partial charge is 0.252 e. The highest BCUT2D eigenvalue weighted by atomic mass is 35.5. The fourth-order valence-corrected chi connectivity index (χ4v) is 4.21. The third-order valence-corrected chi connectivity index (χ3v) is 6.02. The lowest BCUT2D eigenvalue weighted by molar-refractivity contribution is -0.120. The largest absolute Gasteiger partial charge is 0.396 e. The van der Waals surface area contributed by atoms with Crippen LogP contribution in [0.2, 0.25) is 10.0 Å². The topological polar surface area (TPSA) is 125 Å². The minimum absolute atomic E-state index is 0.140. The molecule has 36 heavy (non-hydrogen) atoms. The van der Waals surface area contributed by atoms with Gasteiger partial charge in [-0.05, 0) is 41.3 Å². The number of hydrogen-bond acceptors (Lipinski definition) is 6. The Morgan fingerprint density at radius 3 is 2.19 bits per heavy atom. The number of nitrogens with one attached hydrogen (secondary N) is 2. The van der Waals surface area contributed by atoms with Gasteiger partial charge >= 0.3 is 0 Å². The van der Waals surface area contributed by atoms with Crippen LogP contribution in [-0.4, -0.2) is 35.2 Å². The predicted molar refractivity (Wildman–Crippen MR) is 146 cm³/mol. The van der Waals surface area contributed by atoms with Gasteiger partial charge in [-0.15, -0.1) is 0 Å². The molecule has 0 aromatic heterocycles. The molecule has 1 heterocycles. The van der Waals surface area contributed by atoms with Crippen molar-refractivity contribution in [3.05, 3.63) is 105 Å². The van der Waals surface area contributed by atoms with E-state index in [0.29, 0.717) is 26.7 Å². The molecule has 3 aromatic rings. The van der Waals surface area contributed by atoms with Crippen molar-refractivity contribution in [2.45, 2.75) is 25.0 Å². The van der Waals surface area contributed by atoms with Gasteiger partial charge in [0, 0.05) is 28.8 Å². The van der Waals surface area contributed by atoms with Crippen molar-refractivity contribution in [2.75, 3.05) is 13.2 Å². The van der Waals surface area contributed by atoms with Crippen LogP contribution in [0, 0.1) is 0 Å². The standard InChI is InChI=1S/C16H12Cl2N2O2.C7H8O.C3H9NOS/c17-8-5-6-11(12(18)7-8)14-13(15(19)21)9-3-1-2-4-10(9)16(22)20-14;8-6-7-4-2-1-3-5-7;5-3-1-2-4-6/h1-7,13-14H,(H2,19,21)(H,20,22);1-5,8H,6H2;4-6H,1-3H2. The predicted octanol–water partition coefficient (Wildman–Crippen LogP) is 4.03. The Balaban J connectivity index is 0.000000267. The Labute approximate surface area is 226 Å². The van der Waals surface area contributed by atoms with Crippen LogP contribution < -0.4 is 15.8 Å². The van der Waals surface area contributed by atoms with E-state index in [1.807, 2.05) is 30.3 Å². The molecule has 4 rings (SSSR count). The zero-order valence-electron chi connectivity index (χ0n) is 19.4. The van der Waals surface area contributed by atoms with E-state index < -0.39 is 17.9 Å². The molecule has 0 spiro atoms. The van der Waals surface area contributed by atoms with Crippen LogP contribution >= 0.6 is 36.0 Å². The van der Waals surface area contributed by atoms with E-state index in [1.165, 1.54) is 0 Å². The molecule has 0 bridgehead atoms. The molecule has 2 atom stereocenters. The van der Waals surface area contributed by atoms with E-state index in [0.717, 1.165) is 18.5 Å². The van der Waals surface area contributed by atoms with Crippen molar-refractivity contribution in [3.63, 3.8) is 0 Å². The van der Waals surface area contributed by atoms with E-state index in [9.17, 15) is 9.59 Å². The second kappa shape index (κ2) is 15.5. The first-order valence-corrected chi connectivity index (χ1v) is 12.3. The van der Waals surface area contributed by atoms with E-state index in [-0.39, 0.29) is 19.1 Å². The first kappa shape index (κ1) is 29.6. The lowest BCUT2D eigenvalue weighted by Gasteiger charge is -2.33. The average molecular weight is 551 g/mol. The van der Waals surface area contributed by atoms with Crippen molar-refractivity contribution in [1.82, 2.24) is 10.0 Å². The summed E-state index contributed by atoms with van der Waals surface area (Å²) in [5.74, 6) is -1.47. The normalized spacial score (nSPS) is 15.9. The highest BCUT2D eigenvalue weighted by molar-refractivity contribution is 7.78. The molecule has 7 nitrogen and oxygen atoms in total. The zero-order chi connectivity index (χ0) is 26.5. The maximum Gasteiger partial charge on any atom is 0.252 e. The molecule has 10 heteroatoms.